The minimum atomic E-state index is -1.79. The molecule has 0 aliphatic carbocycles. The van der Waals surface area contributed by atoms with Crippen molar-refractivity contribution in [2.24, 2.45) is 0 Å². The lowest BCUT2D eigenvalue weighted by atomic mass is 10.1. The van der Waals surface area contributed by atoms with E-state index in [0.29, 0.717) is 20.7 Å². The summed E-state index contributed by atoms with van der Waals surface area (Å²) in [4.78, 5) is 0.301. The molecular weight excluding hydrogens is 390 g/mol. The van der Waals surface area contributed by atoms with Crippen LogP contribution in [-0.2, 0) is 10.8 Å². The van der Waals surface area contributed by atoms with Crippen molar-refractivity contribution in [1.29, 1.82) is 0 Å². The van der Waals surface area contributed by atoms with Crippen LogP contribution in [0.15, 0.2) is 35.2 Å². The smallest absolute Gasteiger partial charge is 0.191 e. The van der Waals surface area contributed by atoms with Gasteiger partial charge in [0, 0.05) is 10.0 Å². The predicted molar refractivity (Wildman–Crippen MR) is 88.1 cm³/mol. The van der Waals surface area contributed by atoms with E-state index in [1.807, 2.05) is 0 Å². The molecule has 0 spiro atoms. The highest BCUT2D eigenvalue weighted by atomic mass is 79.9. The third-order valence-corrected chi connectivity index (χ3v) is 6.16. The molecule has 0 N–H and O–H groups in total. The van der Waals surface area contributed by atoms with Crippen molar-refractivity contribution in [3.05, 3.63) is 53.1 Å². The zero-order valence-electron chi connectivity index (χ0n) is 12.2. The molecule has 120 valence electrons. The van der Waals surface area contributed by atoms with Crippen molar-refractivity contribution >= 4 is 36.1 Å². The highest BCUT2D eigenvalue weighted by Gasteiger charge is 2.34. The largest absolute Gasteiger partial charge is 0.497 e. The molecule has 7 heteroatoms. The van der Waals surface area contributed by atoms with Gasteiger partial charge in [-0.05, 0) is 39.7 Å². The molecule has 0 saturated carbocycles. The van der Waals surface area contributed by atoms with E-state index in [1.54, 1.807) is 24.3 Å². The van der Waals surface area contributed by atoms with Gasteiger partial charge < -0.3 is 9.47 Å². The number of hydrogen-bond donors (Lipinski definition) is 0. The number of rotatable bonds is 3. The Balaban J connectivity index is 2.17. The third kappa shape index (κ3) is 2.48. The van der Waals surface area contributed by atoms with E-state index in [-0.39, 0.29) is 10.5 Å². The SMILES string of the molecule is COc1ccc(C2=C(Br)c3cc(F)c(OC)c(F)c3S2=O)cc1. The van der Waals surface area contributed by atoms with Crippen LogP contribution in [0.3, 0.4) is 0 Å². The Kier molecular flexibility index (Phi) is 4.25. The van der Waals surface area contributed by atoms with Crippen LogP contribution in [0.2, 0.25) is 0 Å². The summed E-state index contributed by atoms with van der Waals surface area (Å²) in [5.74, 6) is -1.67. The van der Waals surface area contributed by atoms with Gasteiger partial charge in [-0.25, -0.2) is 13.0 Å². The first-order valence-corrected chi connectivity index (χ1v) is 8.46. The lowest BCUT2D eigenvalue weighted by Gasteiger charge is -2.08. The van der Waals surface area contributed by atoms with Crippen LogP contribution in [-0.4, -0.2) is 18.4 Å². The van der Waals surface area contributed by atoms with Gasteiger partial charge in [0.05, 0.1) is 34.8 Å². The van der Waals surface area contributed by atoms with Crippen LogP contribution in [0.5, 0.6) is 11.5 Å². The van der Waals surface area contributed by atoms with Crippen molar-refractivity contribution in [3.63, 3.8) is 0 Å². The molecule has 1 atom stereocenters. The molecule has 3 rings (SSSR count). The molecule has 1 aliphatic rings. The molecule has 0 amide bonds. The maximum absolute atomic E-state index is 14.4. The fourth-order valence-corrected chi connectivity index (χ4v) is 4.95. The molecule has 0 fully saturated rings. The maximum atomic E-state index is 14.4. The number of halogens is 3. The normalized spacial score (nSPS) is 16.5. The molecule has 1 heterocycles. The second kappa shape index (κ2) is 6.05. The van der Waals surface area contributed by atoms with Crippen molar-refractivity contribution < 1.29 is 22.5 Å². The van der Waals surface area contributed by atoms with Crippen molar-refractivity contribution in [2.75, 3.05) is 14.2 Å². The highest BCUT2D eigenvalue weighted by molar-refractivity contribution is 9.15. The molecule has 1 unspecified atom stereocenters. The number of methoxy groups -OCH3 is 2. The Morgan fingerprint density at radius 3 is 2.30 bits per heavy atom. The van der Waals surface area contributed by atoms with E-state index >= 15 is 0 Å². The average molecular weight is 401 g/mol. The van der Waals surface area contributed by atoms with Gasteiger partial charge >= 0.3 is 0 Å². The van der Waals surface area contributed by atoms with Crippen molar-refractivity contribution in [2.45, 2.75) is 4.90 Å². The summed E-state index contributed by atoms with van der Waals surface area (Å²) < 4.78 is 51.3. The summed E-state index contributed by atoms with van der Waals surface area (Å²) in [6, 6.07) is 7.96. The molecule has 0 bridgehead atoms. The van der Waals surface area contributed by atoms with E-state index in [9.17, 15) is 13.0 Å². The molecule has 0 aromatic heterocycles. The van der Waals surface area contributed by atoms with Crippen LogP contribution in [0, 0.1) is 11.6 Å². The van der Waals surface area contributed by atoms with Crippen LogP contribution >= 0.6 is 15.9 Å². The van der Waals surface area contributed by atoms with Crippen molar-refractivity contribution in [3.8, 4) is 11.5 Å². The van der Waals surface area contributed by atoms with Crippen LogP contribution in [0.25, 0.3) is 9.39 Å². The Labute approximate surface area is 142 Å². The molecule has 1 aliphatic heterocycles. The molecule has 2 aromatic carbocycles. The van der Waals surface area contributed by atoms with Gasteiger partial charge in [0.2, 0.25) is 0 Å². The highest BCUT2D eigenvalue weighted by Crippen LogP contribution is 2.48. The summed E-state index contributed by atoms with van der Waals surface area (Å²) in [5, 5.41) is 0. The number of ether oxygens (including phenoxy) is 2. The fourth-order valence-electron chi connectivity index (χ4n) is 2.40. The van der Waals surface area contributed by atoms with Crippen LogP contribution in [0.4, 0.5) is 8.78 Å². The average Bonchev–Trinajstić information content (AvgIpc) is 2.79. The molecule has 0 saturated heterocycles. The topological polar surface area (TPSA) is 35.5 Å². The summed E-state index contributed by atoms with van der Waals surface area (Å²) in [5.41, 5.74) is 0.857. The molecular formula is C16H11BrF2O3S. The Morgan fingerprint density at radius 1 is 1.09 bits per heavy atom. The minimum Gasteiger partial charge on any atom is -0.497 e. The third-order valence-electron chi connectivity index (χ3n) is 3.49. The van der Waals surface area contributed by atoms with Gasteiger partial charge in [-0.3, -0.25) is 0 Å². The lowest BCUT2D eigenvalue weighted by molar-refractivity contribution is 0.354. The predicted octanol–water partition coefficient (Wildman–Crippen LogP) is 4.32. The Morgan fingerprint density at radius 2 is 1.74 bits per heavy atom. The number of fused-ring (bicyclic) bond motifs is 1. The molecule has 3 nitrogen and oxygen atoms in total. The Bertz CT molecular complexity index is 847. The quantitative estimate of drug-likeness (QED) is 0.769. The maximum Gasteiger partial charge on any atom is 0.191 e. The number of benzene rings is 2. The molecule has 0 radical (unpaired) electrons. The monoisotopic (exact) mass is 400 g/mol. The summed E-state index contributed by atoms with van der Waals surface area (Å²) >= 11 is 3.31. The lowest BCUT2D eigenvalue weighted by Crippen LogP contribution is -2.00. The van der Waals surface area contributed by atoms with Gasteiger partial charge in [-0.2, -0.15) is 0 Å². The van der Waals surface area contributed by atoms with Gasteiger partial charge in [-0.15, -0.1) is 0 Å². The first-order valence-electron chi connectivity index (χ1n) is 6.52. The fraction of sp³-hybridized carbons (Fsp3) is 0.125. The van der Waals surface area contributed by atoms with E-state index in [1.165, 1.54) is 14.2 Å². The van der Waals surface area contributed by atoms with E-state index in [4.69, 9.17) is 9.47 Å². The summed E-state index contributed by atoms with van der Waals surface area (Å²) in [6.45, 7) is 0. The van der Waals surface area contributed by atoms with Gasteiger partial charge in [0.15, 0.2) is 17.4 Å². The first kappa shape index (κ1) is 16.1. The second-order valence-corrected chi connectivity index (χ2v) is 6.87. The van der Waals surface area contributed by atoms with Crippen molar-refractivity contribution in [1.82, 2.24) is 0 Å². The van der Waals surface area contributed by atoms with E-state index in [0.717, 1.165) is 6.07 Å². The number of hydrogen-bond acceptors (Lipinski definition) is 3. The molecule has 23 heavy (non-hydrogen) atoms. The Hall–Kier alpha value is -1.73. The summed E-state index contributed by atoms with van der Waals surface area (Å²) in [7, 11) is 0.919. The second-order valence-electron chi connectivity index (χ2n) is 4.72. The van der Waals surface area contributed by atoms with Gasteiger partial charge in [0.25, 0.3) is 0 Å². The standard InChI is InChI=1S/C16H11BrF2O3S/c1-21-9-5-3-8(4-6-9)15-12(17)10-7-11(18)14(22-2)13(19)16(10)23(15)20/h3-7H,1-2H3. The van der Waals surface area contributed by atoms with Gasteiger partial charge in [0.1, 0.15) is 5.75 Å². The zero-order valence-corrected chi connectivity index (χ0v) is 14.6. The first-order chi connectivity index (χ1) is 11.0. The molecule has 2 aromatic rings. The van der Waals surface area contributed by atoms with E-state index < -0.39 is 28.2 Å². The van der Waals surface area contributed by atoms with Crippen LogP contribution in [0.1, 0.15) is 11.1 Å². The van der Waals surface area contributed by atoms with E-state index in [2.05, 4.69) is 15.9 Å². The van der Waals surface area contributed by atoms with Crippen LogP contribution < -0.4 is 9.47 Å². The zero-order chi connectivity index (χ0) is 16.7. The summed E-state index contributed by atoms with van der Waals surface area (Å²) in [6.07, 6.45) is 0. The minimum absolute atomic E-state index is 0.0825. The van der Waals surface area contributed by atoms with Gasteiger partial charge in [-0.1, -0.05) is 12.1 Å².